The third-order valence-corrected chi connectivity index (χ3v) is 17.8. The highest BCUT2D eigenvalue weighted by Gasteiger charge is 2.47. The molecule has 3 aromatic carbocycles. The average Bonchev–Trinajstić information content (AvgIpc) is 3.90. The van der Waals surface area contributed by atoms with E-state index >= 15 is 4.79 Å². The van der Waals surface area contributed by atoms with Gasteiger partial charge in [0.05, 0.1) is 5.56 Å². The standard InChI is InChI=1S/C62H86F4N4O2S/c1-7-12-41-61(47(6)22-8-2,52-33-29-50(30-34-52)51-31-35-53(36-32-51)62(64,65)66)46-70(60(42-43-68(10-4)11-5)39-19-16-14-13-15-17-23-48(9-3)24-18-20-40-60)57(71)44-69-56-26-21-25-55(56)58(72)67-59(69)73-45-49-27-37-54(63)38-28-49/h16,19,27-38,47-48H,7-15,17-18,20-26,39-46H2,1-6H3/b19-16-/t47-,48?,60?,61?/m0/s1. The van der Waals surface area contributed by atoms with Gasteiger partial charge < -0.3 is 14.4 Å². The number of hydrogen-bond donors (Lipinski definition) is 0. The largest absolute Gasteiger partial charge is 0.416 e. The van der Waals surface area contributed by atoms with Crippen molar-refractivity contribution in [1.82, 2.24) is 19.4 Å². The van der Waals surface area contributed by atoms with Gasteiger partial charge in [0.1, 0.15) is 12.4 Å². The topological polar surface area (TPSA) is 58.4 Å². The number of rotatable bonds is 22. The lowest BCUT2D eigenvalue weighted by molar-refractivity contribution is -0.142. The van der Waals surface area contributed by atoms with Crippen LogP contribution in [-0.2, 0) is 41.5 Å². The van der Waals surface area contributed by atoms with Crippen LogP contribution in [0.2, 0.25) is 0 Å². The van der Waals surface area contributed by atoms with Crippen molar-refractivity contribution >= 4 is 17.7 Å². The number of carbonyl (C=O) groups excluding carboxylic acids is 1. The Labute approximate surface area is 440 Å². The molecule has 11 heteroatoms. The molecule has 2 aliphatic rings. The highest BCUT2D eigenvalue weighted by molar-refractivity contribution is 7.98. The number of carbonyl (C=O) groups is 1. The predicted molar refractivity (Wildman–Crippen MR) is 295 cm³/mol. The summed E-state index contributed by atoms with van der Waals surface area (Å²) in [6, 6.07) is 20.4. The van der Waals surface area contributed by atoms with Gasteiger partial charge in [0.2, 0.25) is 5.91 Å². The second kappa shape index (κ2) is 28.1. The van der Waals surface area contributed by atoms with Crippen molar-refractivity contribution in [2.24, 2.45) is 11.8 Å². The number of aromatic nitrogens is 2. The molecule has 3 unspecified atom stereocenters. The van der Waals surface area contributed by atoms with Crippen molar-refractivity contribution < 1.29 is 22.4 Å². The zero-order valence-corrected chi connectivity index (χ0v) is 46.0. The van der Waals surface area contributed by atoms with Gasteiger partial charge >= 0.3 is 6.18 Å². The lowest BCUT2D eigenvalue weighted by Crippen LogP contribution is -2.59. The second-order valence-corrected chi connectivity index (χ2v) is 22.3. The van der Waals surface area contributed by atoms with Crippen LogP contribution in [0.25, 0.3) is 11.1 Å². The van der Waals surface area contributed by atoms with E-state index in [0.717, 1.165) is 143 Å². The number of thioether (sulfide) groups is 1. The molecule has 6 nitrogen and oxygen atoms in total. The molecule has 0 fully saturated rings. The minimum absolute atomic E-state index is 0.0367. The molecule has 1 aromatic heterocycles. The van der Waals surface area contributed by atoms with Crippen molar-refractivity contribution in [1.29, 1.82) is 0 Å². The molecule has 0 radical (unpaired) electrons. The summed E-state index contributed by atoms with van der Waals surface area (Å²) < 4.78 is 57.0. The van der Waals surface area contributed by atoms with Crippen LogP contribution in [0, 0.1) is 17.7 Å². The van der Waals surface area contributed by atoms with Gasteiger partial charge in [-0.1, -0.05) is 185 Å². The minimum Gasteiger partial charge on any atom is -0.334 e. The second-order valence-electron chi connectivity index (χ2n) is 21.4. The van der Waals surface area contributed by atoms with Gasteiger partial charge in [-0.25, -0.2) is 4.39 Å². The molecule has 0 bridgehead atoms. The van der Waals surface area contributed by atoms with Crippen molar-refractivity contribution in [3.63, 3.8) is 0 Å². The summed E-state index contributed by atoms with van der Waals surface area (Å²) >= 11 is 1.44. The summed E-state index contributed by atoms with van der Waals surface area (Å²) in [5, 5.41) is 0.521. The molecule has 4 atom stereocenters. The fraction of sp³-hybridized carbons (Fsp3) is 0.597. The molecule has 1 amide bonds. The number of nitrogens with zero attached hydrogens (tertiary/aromatic N) is 4. The van der Waals surface area contributed by atoms with Crippen molar-refractivity contribution in [3.05, 3.63) is 129 Å². The lowest BCUT2D eigenvalue weighted by atomic mass is 9.65. The summed E-state index contributed by atoms with van der Waals surface area (Å²) in [7, 11) is 0. The van der Waals surface area contributed by atoms with E-state index in [1.54, 1.807) is 24.3 Å². The van der Waals surface area contributed by atoms with E-state index < -0.39 is 22.7 Å². The van der Waals surface area contributed by atoms with Gasteiger partial charge in [-0.2, -0.15) is 18.2 Å². The van der Waals surface area contributed by atoms with E-state index in [4.69, 9.17) is 4.98 Å². The average molecular weight is 1030 g/mol. The molecular formula is C62H86F4N4O2S. The van der Waals surface area contributed by atoms with Gasteiger partial charge in [0.15, 0.2) is 5.16 Å². The number of benzene rings is 3. The molecule has 0 saturated heterocycles. The number of fused-ring (bicyclic) bond motifs is 1. The molecule has 6 rings (SSSR count). The first-order valence-corrected chi connectivity index (χ1v) is 29.1. The third kappa shape index (κ3) is 15.4. The van der Waals surface area contributed by atoms with Crippen molar-refractivity contribution in [2.45, 2.75) is 205 Å². The number of halogens is 4. The van der Waals surface area contributed by atoms with E-state index in [9.17, 15) is 22.4 Å². The molecule has 2 aliphatic carbocycles. The van der Waals surface area contributed by atoms with Crippen LogP contribution < -0.4 is 5.56 Å². The number of amides is 1. The highest BCUT2D eigenvalue weighted by atomic mass is 32.2. The van der Waals surface area contributed by atoms with Crippen LogP contribution in [0.15, 0.2) is 94.9 Å². The summed E-state index contributed by atoms with van der Waals surface area (Å²) in [4.78, 5) is 39.9. The molecule has 0 N–H and O–H groups in total. The van der Waals surface area contributed by atoms with E-state index in [-0.39, 0.29) is 29.7 Å². The Morgan fingerprint density at radius 3 is 2.12 bits per heavy atom. The Morgan fingerprint density at radius 2 is 1.49 bits per heavy atom. The maximum atomic E-state index is 16.6. The van der Waals surface area contributed by atoms with Gasteiger partial charge in [0.25, 0.3) is 5.56 Å². The first kappa shape index (κ1) is 58.0. The number of alkyl halides is 3. The summed E-state index contributed by atoms with van der Waals surface area (Å²) in [6.45, 7) is 16.9. The van der Waals surface area contributed by atoms with Gasteiger partial charge in [-0.3, -0.25) is 9.59 Å². The fourth-order valence-corrected chi connectivity index (χ4v) is 13.0. The molecule has 0 saturated carbocycles. The molecule has 400 valence electrons. The van der Waals surface area contributed by atoms with Crippen LogP contribution in [0.1, 0.15) is 185 Å². The highest BCUT2D eigenvalue weighted by Crippen LogP contribution is 2.45. The maximum absolute atomic E-state index is 16.6. The number of hydrogen-bond acceptors (Lipinski definition) is 5. The normalized spacial score (nSPS) is 19.7. The maximum Gasteiger partial charge on any atom is 0.416 e. The zero-order chi connectivity index (χ0) is 52.4. The number of unbranched alkanes of at least 4 members (excludes halogenated alkanes) is 1. The first-order chi connectivity index (χ1) is 35.2. The molecular weight excluding hydrogens is 941 g/mol. The zero-order valence-electron chi connectivity index (χ0n) is 45.1. The van der Waals surface area contributed by atoms with E-state index in [2.05, 4.69) is 92.3 Å². The Morgan fingerprint density at radius 1 is 0.822 bits per heavy atom. The summed E-state index contributed by atoms with van der Waals surface area (Å²) in [6.07, 6.45) is 20.1. The van der Waals surface area contributed by atoms with Crippen LogP contribution >= 0.6 is 11.8 Å². The van der Waals surface area contributed by atoms with Crippen LogP contribution in [0.3, 0.4) is 0 Å². The van der Waals surface area contributed by atoms with Crippen LogP contribution in [0.4, 0.5) is 17.6 Å². The lowest BCUT2D eigenvalue weighted by Gasteiger charge is -2.52. The van der Waals surface area contributed by atoms with E-state index in [1.165, 1.54) is 56.0 Å². The molecule has 0 spiro atoms. The predicted octanol–water partition coefficient (Wildman–Crippen LogP) is 16.2. The van der Waals surface area contributed by atoms with Gasteiger partial charge in [0, 0.05) is 41.1 Å². The van der Waals surface area contributed by atoms with E-state index in [0.29, 0.717) is 41.8 Å². The van der Waals surface area contributed by atoms with E-state index in [1.807, 2.05) is 0 Å². The smallest absolute Gasteiger partial charge is 0.334 e. The Kier molecular flexibility index (Phi) is 22.3. The minimum atomic E-state index is -4.42. The van der Waals surface area contributed by atoms with Gasteiger partial charge in [-0.05, 0) is 129 Å². The van der Waals surface area contributed by atoms with Crippen LogP contribution in [0.5, 0.6) is 0 Å². The summed E-state index contributed by atoms with van der Waals surface area (Å²) in [5.41, 5.74) is 3.33. The molecule has 0 aliphatic heterocycles. The number of allylic oxidation sites excluding steroid dienone is 1. The van der Waals surface area contributed by atoms with Crippen molar-refractivity contribution in [2.75, 3.05) is 26.2 Å². The first-order valence-electron chi connectivity index (χ1n) is 28.2. The Bertz CT molecular complexity index is 2400. The monoisotopic (exact) mass is 1030 g/mol. The summed E-state index contributed by atoms with van der Waals surface area (Å²) in [5.74, 6) is 1.07. The van der Waals surface area contributed by atoms with Crippen LogP contribution in [-0.4, -0.2) is 57.0 Å². The molecule has 73 heavy (non-hydrogen) atoms. The molecule has 1 heterocycles. The Hall–Kier alpha value is -4.22. The molecule has 4 aromatic rings. The Balaban J connectivity index is 1.55. The SMILES string of the molecule is CCCCC(CN(C(=O)Cn1c(SCc2ccc(F)cc2)nc(=O)c2c1CCC2)C1(CCN(CC)CC)C/C=C\CCCCCC(CC)CCCC1)(c1ccc(-c2ccc(C(F)(F)F)cc2)cc1)[C@@H](C)CCC. The van der Waals surface area contributed by atoms with Gasteiger partial charge in [-0.15, -0.1) is 0 Å². The quantitative estimate of drug-likeness (QED) is 0.0340. The third-order valence-electron chi connectivity index (χ3n) is 16.8. The van der Waals surface area contributed by atoms with Crippen molar-refractivity contribution in [3.8, 4) is 11.1 Å². The fourth-order valence-electron chi connectivity index (χ4n) is 12.0.